The molecule has 0 radical (unpaired) electrons. The van der Waals surface area contributed by atoms with Gasteiger partial charge in [0.15, 0.2) is 0 Å². The van der Waals surface area contributed by atoms with Crippen LogP contribution in [0.2, 0.25) is 0 Å². The molecule has 0 atom stereocenters. The van der Waals surface area contributed by atoms with Crippen LogP contribution in [0, 0.1) is 0 Å². The average molecular weight is 227 g/mol. The van der Waals surface area contributed by atoms with E-state index in [1.807, 2.05) is 12.1 Å². The maximum Gasteiger partial charge on any atom is 0.129 e. The first kappa shape index (κ1) is 13.2. The lowest BCUT2D eigenvalue weighted by Crippen LogP contribution is -2.27. The molecule has 0 saturated carbocycles. The van der Waals surface area contributed by atoms with Gasteiger partial charge in [-0.05, 0) is 25.1 Å². The van der Waals surface area contributed by atoms with E-state index in [0.29, 0.717) is 13.2 Å². The molecule has 1 aromatic heterocycles. The van der Waals surface area contributed by atoms with Gasteiger partial charge in [-0.3, -0.25) is 4.90 Å². The van der Waals surface area contributed by atoms with Gasteiger partial charge >= 0.3 is 0 Å². The van der Waals surface area contributed by atoms with E-state index < -0.39 is 0 Å². The van der Waals surface area contributed by atoms with Crippen LogP contribution in [0.25, 0.3) is 0 Å². The van der Waals surface area contributed by atoms with Gasteiger partial charge in [-0.15, -0.1) is 0 Å². The minimum Gasteiger partial charge on any atom is -0.462 e. The van der Waals surface area contributed by atoms with Crippen LogP contribution in [-0.2, 0) is 17.9 Å². The molecule has 1 N–H and O–H groups in total. The Morgan fingerprint density at radius 3 is 2.69 bits per heavy atom. The number of nitrogens with zero attached hydrogens (tertiary/aromatic N) is 1. The molecule has 1 aromatic rings. The Kier molecular flexibility index (Phi) is 6.15. The van der Waals surface area contributed by atoms with Gasteiger partial charge in [0, 0.05) is 13.7 Å². The molecular weight excluding hydrogens is 206 g/mol. The summed E-state index contributed by atoms with van der Waals surface area (Å²) in [7, 11) is 1.65. The first-order chi connectivity index (χ1) is 7.80. The summed E-state index contributed by atoms with van der Waals surface area (Å²) in [5.41, 5.74) is 0. The molecule has 0 aromatic carbocycles. The van der Waals surface area contributed by atoms with Crippen molar-refractivity contribution >= 4 is 0 Å². The lowest BCUT2D eigenvalue weighted by atomic mass is 10.3. The van der Waals surface area contributed by atoms with Crippen molar-refractivity contribution in [2.45, 2.75) is 26.5 Å². The van der Waals surface area contributed by atoms with Gasteiger partial charge < -0.3 is 14.3 Å². The predicted molar refractivity (Wildman–Crippen MR) is 62.1 cm³/mol. The molecule has 16 heavy (non-hydrogen) atoms. The molecule has 0 aliphatic carbocycles. The Morgan fingerprint density at radius 1 is 1.31 bits per heavy atom. The molecule has 1 rings (SSSR count). The summed E-state index contributed by atoms with van der Waals surface area (Å²) in [6.07, 6.45) is 1.08. The Morgan fingerprint density at radius 2 is 2.06 bits per heavy atom. The fourth-order valence-corrected chi connectivity index (χ4v) is 1.68. The molecule has 1 heterocycles. The number of aliphatic hydroxyl groups is 1. The number of hydrogen-bond donors (Lipinski definition) is 1. The highest BCUT2D eigenvalue weighted by Gasteiger charge is 2.07. The van der Waals surface area contributed by atoms with Crippen molar-refractivity contribution in [1.29, 1.82) is 0 Å². The maximum absolute atomic E-state index is 8.94. The van der Waals surface area contributed by atoms with Gasteiger partial charge in [0.1, 0.15) is 18.1 Å². The Labute approximate surface area is 96.8 Å². The molecule has 0 unspecified atom stereocenters. The van der Waals surface area contributed by atoms with Crippen LogP contribution in [0.4, 0.5) is 0 Å². The summed E-state index contributed by atoms with van der Waals surface area (Å²) in [5, 5.41) is 8.94. The Bertz CT molecular complexity index is 280. The lowest BCUT2D eigenvalue weighted by Gasteiger charge is -2.18. The van der Waals surface area contributed by atoms with Crippen molar-refractivity contribution < 1.29 is 14.3 Å². The third-order valence-electron chi connectivity index (χ3n) is 2.34. The van der Waals surface area contributed by atoms with Crippen LogP contribution in [0.3, 0.4) is 0 Å². The SMILES string of the molecule is CCCN(CCO)Cc1ccc(COC)o1. The molecular formula is C12H21NO3. The zero-order valence-corrected chi connectivity index (χ0v) is 10.1. The second kappa shape index (κ2) is 7.44. The van der Waals surface area contributed by atoms with Gasteiger partial charge in [0.25, 0.3) is 0 Å². The second-order valence-electron chi connectivity index (χ2n) is 3.80. The summed E-state index contributed by atoms with van der Waals surface area (Å²) in [4.78, 5) is 2.18. The summed E-state index contributed by atoms with van der Waals surface area (Å²) < 4.78 is 10.6. The minimum absolute atomic E-state index is 0.186. The second-order valence-corrected chi connectivity index (χ2v) is 3.80. The Hall–Kier alpha value is -0.840. The molecule has 0 amide bonds. The predicted octanol–water partition coefficient (Wildman–Crippen LogP) is 1.63. The van der Waals surface area contributed by atoms with Crippen LogP contribution in [0.5, 0.6) is 0 Å². The summed E-state index contributed by atoms with van der Waals surface area (Å²) in [6, 6.07) is 3.90. The summed E-state index contributed by atoms with van der Waals surface area (Å²) >= 11 is 0. The van der Waals surface area contributed by atoms with E-state index in [1.54, 1.807) is 7.11 Å². The average Bonchev–Trinajstić information content (AvgIpc) is 2.67. The van der Waals surface area contributed by atoms with Crippen molar-refractivity contribution in [3.05, 3.63) is 23.7 Å². The smallest absolute Gasteiger partial charge is 0.129 e. The number of ether oxygens (including phenoxy) is 1. The number of methoxy groups -OCH3 is 1. The summed E-state index contributed by atoms with van der Waals surface area (Å²) in [6.45, 7) is 5.23. The normalized spacial score (nSPS) is 11.2. The van der Waals surface area contributed by atoms with Crippen molar-refractivity contribution in [1.82, 2.24) is 4.90 Å². The molecule has 4 heteroatoms. The van der Waals surface area contributed by atoms with Crippen molar-refractivity contribution in [3.8, 4) is 0 Å². The van der Waals surface area contributed by atoms with Gasteiger partial charge in [-0.25, -0.2) is 0 Å². The highest BCUT2D eigenvalue weighted by atomic mass is 16.5. The van der Waals surface area contributed by atoms with Crippen molar-refractivity contribution in [2.24, 2.45) is 0 Å². The fourth-order valence-electron chi connectivity index (χ4n) is 1.68. The van der Waals surface area contributed by atoms with E-state index in [1.165, 1.54) is 0 Å². The molecule has 0 spiro atoms. The summed E-state index contributed by atoms with van der Waals surface area (Å²) in [5.74, 6) is 1.77. The van der Waals surface area contributed by atoms with Crippen LogP contribution in [0.1, 0.15) is 24.9 Å². The fraction of sp³-hybridized carbons (Fsp3) is 0.667. The van der Waals surface area contributed by atoms with Gasteiger partial charge in [0.05, 0.1) is 13.2 Å². The molecule has 92 valence electrons. The van der Waals surface area contributed by atoms with Crippen LogP contribution >= 0.6 is 0 Å². The van der Waals surface area contributed by atoms with Gasteiger partial charge in [0.2, 0.25) is 0 Å². The molecule has 0 saturated heterocycles. The number of rotatable bonds is 8. The minimum atomic E-state index is 0.186. The maximum atomic E-state index is 8.94. The van der Waals surface area contributed by atoms with E-state index in [-0.39, 0.29) is 6.61 Å². The monoisotopic (exact) mass is 227 g/mol. The lowest BCUT2D eigenvalue weighted by molar-refractivity contribution is 0.154. The van der Waals surface area contributed by atoms with E-state index in [9.17, 15) is 0 Å². The molecule has 0 aliphatic heterocycles. The standard InChI is InChI=1S/C12H21NO3/c1-3-6-13(7-8-14)9-11-4-5-12(16-11)10-15-2/h4-5,14H,3,6-10H2,1-2H3. The van der Waals surface area contributed by atoms with E-state index >= 15 is 0 Å². The third-order valence-corrected chi connectivity index (χ3v) is 2.34. The molecule has 0 bridgehead atoms. The zero-order valence-electron chi connectivity index (χ0n) is 10.1. The third kappa shape index (κ3) is 4.35. The number of hydrogen-bond acceptors (Lipinski definition) is 4. The highest BCUT2D eigenvalue weighted by molar-refractivity contribution is 5.06. The van der Waals surface area contributed by atoms with Crippen LogP contribution < -0.4 is 0 Å². The first-order valence-electron chi connectivity index (χ1n) is 5.69. The van der Waals surface area contributed by atoms with Crippen molar-refractivity contribution in [3.63, 3.8) is 0 Å². The van der Waals surface area contributed by atoms with E-state index in [2.05, 4.69) is 11.8 Å². The van der Waals surface area contributed by atoms with E-state index in [0.717, 1.165) is 31.0 Å². The highest BCUT2D eigenvalue weighted by Crippen LogP contribution is 2.11. The largest absolute Gasteiger partial charge is 0.462 e. The van der Waals surface area contributed by atoms with Crippen LogP contribution in [-0.4, -0.2) is 36.8 Å². The first-order valence-corrected chi connectivity index (χ1v) is 5.69. The number of furan rings is 1. The zero-order chi connectivity index (χ0) is 11.8. The quantitative estimate of drug-likeness (QED) is 0.733. The van der Waals surface area contributed by atoms with Gasteiger partial charge in [-0.2, -0.15) is 0 Å². The molecule has 0 fully saturated rings. The molecule has 4 nitrogen and oxygen atoms in total. The van der Waals surface area contributed by atoms with Crippen molar-refractivity contribution in [2.75, 3.05) is 26.8 Å². The van der Waals surface area contributed by atoms with Crippen LogP contribution in [0.15, 0.2) is 16.5 Å². The number of aliphatic hydroxyl groups excluding tert-OH is 1. The van der Waals surface area contributed by atoms with Gasteiger partial charge in [-0.1, -0.05) is 6.92 Å². The topological polar surface area (TPSA) is 45.8 Å². The van der Waals surface area contributed by atoms with E-state index in [4.69, 9.17) is 14.3 Å². The molecule has 0 aliphatic rings. The Balaban J connectivity index is 2.48.